The van der Waals surface area contributed by atoms with E-state index in [1.165, 1.54) is 0 Å². The van der Waals surface area contributed by atoms with Crippen molar-refractivity contribution in [2.45, 2.75) is 31.0 Å². The van der Waals surface area contributed by atoms with E-state index in [2.05, 4.69) is 0 Å². The van der Waals surface area contributed by atoms with Crippen LogP contribution in [0.15, 0.2) is 21.9 Å². The number of nitrogens with one attached hydrogen (secondary N) is 1. The Kier molecular flexibility index (Phi) is 3.09. The molecule has 0 radical (unpaired) electrons. The largest absolute Gasteiger partial charge is 0.394 e. The van der Waals surface area contributed by atoms with Gasteiger partial charge in [0.05, 0.1) is 6.61 Å². The number of alkyl halides is 1. The van der Waals surface area contributed by atoms with Crippen molar-refractivity contribution >= 4 is 0 Å². The van der Waals surface area contributed by atoms with Crippen molar-refractivity contribution in [3.05, 3.63) is 33.1 Å². The van der Waals surface area contributed by atoms with E-state index < -0.39 is 42.0 Å². The van der Waals surface area contributed by atoms with E-state index in [9.17, 15) is 19.1 Å². The molecule has 0 bridgehead atoms. The molecule has 7 nitrogen and oxygen atoms in total. The first kappa shape index (κ1) is 12.9. The fraction of sp³-hybridized carbons (Fsp3) is 0.600. The zero-order chi connectivity index (χ0) is 13.5. The minimum Gasteiger partial charge on any atom is -0.394 e. The number of aliphatic hydroxyl groups excluding tert-OH is 2. The fourth-order valence-corrected chi connectivity index (χ4v) is 1.97. The second-order valence-corrected chi connectivity index (χ2v) is 4.32. The number of halogens is 1. The van der Waals surface area contributed by atoms with E-state index in [1.807, 2.05) is 4.98 Å². The van der Waals surface area contributed by atoms with Gasteiger partial charge in [-0.15, -0.1) is 0 Å². The lowest BCUT2D eigenvalue weighted by Crippen LogP contribution is -2.43. The van der Waals surface area contributed by atoms with Crippen LogP contribution in [-0.2, 0) is 4.74 Å². The van der Waals surface area contributed by atoms with Gasteiger partial charge in [-0.05, 0) is 6.92 Å². The molecule has 18 heavy (non-hydrogen) atoms. The predicted octanol–water partition coefficient (Wildman–Crippen LogP) is -1.48. The summed E-state index contributed by atoms with van der Waals surface area (Å²) in [5.74, 6) is 0. The summed E-state index contributed by atoms with van der Waals surface area (Å²) in [7, 11) is 0. The van der Waals surface area contributed by atoms with Crippen molar-refractivity contribution in [1.29, 1.82) is 0 Å². The maximum absolute atomic E-state index is 14.3. The van der Waals surface area contributed by atoms with Crippen LogP contribution in [0.2, 0.25) is 0 Å². The first-order valence-electron chi connectivity index (χ1n) is 5.32. The second-order valence-electron chi connectivity index (χ2n) is 4.32. The molecule has 8 heteroatoms. The normalized spacial score (nSPS) is 35.9. The Morgan fingerprint density at radius 1 is 1.61 bits per heavy atom. The Morgan fingerprint density at radius 2 is 2.28 bits per heavy atom. The number of hydrogen-bond donors (Lipinski definition) is 3. The third kappa shape index (κ3) is 1.88. The lowest BCUT2D eigenvalue weighted by Gasteiger charge is -2.24. The smallest absolute Gasteiger partial charge is 0.330 e. The van der Waals surface area contributed by atoms with E-state index in [4.69, 9.17) is 9.84 Å². The van der Waals surface area contributed by atoms with E-state index in [1.54, 1.807) is 0 Å². The summed E-state index contributed by atoms with van der Waals surface area (Å²) < 4.78 is 20.3. The van der Waals surface area contributed by atoms with Gasteiger partial charge in [0.25, 0.3) is 5.56 Å². The van der Waals surface area contributed by atoms with Crippen LogP contribution in [0.4, 0.5) is 4.39 Å². The molecule has 1 fully saturated rings. The summed E-state index contributed by atoms with van der Waals surface area (Å²) in [6, 6.07) is 1.04. The van der Waals surface area contributed by atoms with Crippen LogP contribution in [0.3, 0.4) is 0 Å². The highest BCUT2D eigenvalue weighted by Gasteiger charge is 2.54. The van der Waals surface area contributed by atoms with Gasteiger partial charge in [0, 0.05) is 12.3 Å². The molecule has 1 saturated heterocycles. The molecule has 4 atom stereocenters. The Balaban J connectivity index is 2.45. The van der Waals surface area contributed by atoms with Crippen LogP contribution < -0.4 is 11.2 Å². The van der Waals surface area contributed by atoms with Gasteiger partial charge in [0.15, 0.2) is 11.9 Å². The van der Waals surface area contributed by atoms with Gasteiger partial charge in [0.1, 0.15) is 12.2 Å². The Bertz CT molecular complexity index is 552. The zero-order valence-electron chi connectivity index (χ0n) is 9.54. The van der Waals surface area contributed by atoms with Crippen molar-refractivity contribution < 1.29 is 19.3 Å². The molecule has 100 valence electrons. The Morgan fingerprint density at radius 3 is 2.78 bits per heavy atom. The number of aromatic amines is 1. The van der Waals surface area contributed by atoms with Gasteiger partial charge >= 0.3 is 5.69 Å². The minimum absolute atomic E-state index is 0.574. The van der Waals surface area contributed by atoms with Gasteiger partial charge in [-0.3, -0.25) is 14.3 Å². The molecule has 3 unspecified atom stereocenters. The quantitative estimate of drug-likeness (QED) is 0.601. The molecule has 1 aromatic heterocycles. The topological polar surface area (TPSA) is 105 Å². The van der Waals surface area contributed by atoms with Crippen LogP contribution >= 0.6 is 0 Å². The molecule has 3 N–H and O–H groups in total. The van der Waals surface area contributed by atoms with Crippen molar-refractivity contribution in [2.75, 3.05) is 6.61 Å². The van der Waals surface area contributed by atoms with Gasteiger partial charge < -0.3 is 14.9 Å². The zero-order valence-corrected chi connectivity index (χ0v) is 9.54. The average Bonchev–Trinajstić information content (AvgIpc) is 2.52. The molecule has 2 heterocycles. The van der Waals surface area contributed by atoms with Crippen LogP contribution in [0.5, 0.6) is 0 Å². The van der Waals surface area contributed by atoms with Crippen LogP contribution in [0.1, 0.15) is 13.2 Å². The highest BCUT2D eigenvalue weighted by atomic mass is 19.1. The van der Waals surface area contributed by atoms with Crippen molar-refractivity contribution in [2.24, 2.45) is 0 Å². The number of aliphatic hydroxyl groups is 2. The lowest BCUT2D eigenvalue weighted by molar-refractivity contribution is -0.0611. The van der Waals surface area contributed by atoms with Gasteiger partial charge in [0.2, 0.25) is 0 Å². The Hall–Kier alpha value is -1.51. The SMILES string of the molecule is C[C@]1(F)C(O)C(CO)OC1n1ccc(=O)[nH]c1=O. The number of nitrogens with zero attached hydrogens (tertiary/aromatic N) is 1. The summed E-state index contributed by atoms with van der Waals surface area (Å²) in [5.41, 5.74) is -3.72. The van der Waals surface area contributed by atoms with Crippen molar-refractivity contribution in [3.8, 4) is 0 Å². The molecule has 0 aromatic carbocycles. The van der Waals surface area contributed by atoms with Gasteiger partial charge in [-0.25, -0.2) is 9.18 Å². The van der Waals surface area contributed by atoms with Gasteiger partial charge in [-0.1, -0.05) is 0 Å². The molecule has 0 aliphatic carbocycles. The van der Waals surface area contributed by atoms with E-state index in [-0.39, 0.29) is 0 Å². The maximum atomic E-state index is 14.3. The van der Waals surface area contributed by atoms with E-state index in [0.29, 0.717) is 0 Å². The molecule has 2 rings (SSSR count). The summed E-state index contributed by atoms with van der Waals surface area (Å²) >= 11 is 0. The number of H-pyrrole nitrogens is 1. The van der Waals surface area contributed by atoms with Gasteiger partial charge in [-0.2, -0.15) is 0 Å². The van der Waals surface area contributed by atoms with Crippen molar-refractivity contribution in [3.63, 3.8) is 0 Å². The first-order chi connectivity index (χ1) is 8.37. The van der Waals surface area contributed by atoms with Crippen LogP contribution in [0, 0.1) is 0 Å². The third-order valence-electron chi connectivity index (χ3n) is 3.00. The number of ether oxygens (including phenoxy) is 1. The second kappa shape index (κ2) is 4.30. The first-order valence-corrected chi connectivity index (χ1v) is 5.32. The number of hydrogen-bond acceptors (Lipinski definition) is 5. The molecular formula is C10H13FN2O5. The van der Waals surface area contributed by atoms with Crippen LogP contribution in [0.25, 0.3) is 0 Å². The summed E-state index contributed by atoms with van der Waals surface area (Å²) in [5, 5.41) is 18.6. The van der Waals surface area contributed by atoms with Crippen LogP contribution in [-0.4, -0.2) is 44.2 Å². The monoisotopic (exact) mass is 260 g/mol. The lowest BCUT2D eigenvalue weighted by atomic mass is 9.98. The minimum atomic E-state index is -2.25. The van der Waals surface area contributed by atoms with E-state index in [0.717, 1.165) is 23.8 Å². The Labute approximate surface area is 100 Å². The summed E-state index contributed by atoms with van der Waals surface area (Å²) in [6.07, 6.45) is -3.01. The fourth-order valence-electron chi connectivity index (χ4n) is 1.97. The highest BCUT2D eigenvalue weighted by Crippen LogP contribution is 2.40. The molecular weight excluding hydrogens is 247 g/mol. The molecule has 0 amide bonds. The third-order valence-corrected chi connectivity index (χ3v) is 3.00. The standard InChI is InChI=1S/C10H13FN2O5/c1-10(11)7(16)5(4-14)18-8(10)13-3-2-6(15)12-9(13)17/h2-3,5,7-8,14,16H,4H2,1H3,(H,12,15,17)/t5?,7?,8?,10-/m0/s1. The summed E-state index contributed by atoms with van der Waals surface area (Å²) in [4.78, 5) is 24.4. The summed E-state index contributed by atoms with van der Waals surface area (Å²) in [6.45, 7) is 0.491. The highest BCUT2D eigenvalue weighted by molar-refractivity contribution is 5.01. The molecule has 1 aliphatic rings. The number of aromatic nitrogens is 2. The average molecular weight is 260 g/mol. The predicted molar refractivity (Wildman–Crippen MR) is 57.8 cm³/mol. The molecule has 1 aliphatic heterocycles. The van der Waals surface area contributed by atoms with Crippen molar-refractivity contribution in [1.82, 2.24) is 9.55 Å². The maximum Gasteiger partial charge on any atom is 0.330 e. The molecule has 1 aromatic rings. The number of rotatable bonds is 2. The molecule has 0 spiro atoms. The van der Waals surface area contributed by atoms with E-state index >= 15 is 0 Å². The molecule has 0 saturated carbocycles.